The topological polar surface area (TPSA) is 63.1 Å². The summed E-state index contributed by atoms with van der Waals surface area (Å²) in [5.41, 5.74) is 2.76. The van der Waals surface area contributed by atoms with Crippen molar-refractivity contribution in [3.63, 3.8) is 0 Å². The van der Waals surface area contributed by atoms with Gasteiger partial charge >= 0.3 is 0 Å². The van der Waals surface area contributed by atoms with Gasteiger partial charge in [0, 0.05) is 5.02 Å². The van der Waals surface area contributed by atoms with Crippen LogP contribution in [-0.4, -0.2) is 29.1 Å². The molecule has 1 aliphatic heterocycles. The minimum Gasteiger partial charge on any atom is -0.497 e. The Labute approximate surface area is 161 Å². The molecular formula is C19H18ClN3O2S. The van der Waals surface area contributed by atoms with Crippen LogP contribution < -0.4 is 10.1 Å². The molecule has 7 heteroatoms. The first-order valence-electron chi connectivity index (χ1n) is 8.04. The monoisotopic (exact) mass is 387 g/mol. The molecule has 1 atom stereocenters. The Balaban J connectivity index is 1.65. The summed E-state index contributed by atoms with van der Waals surface area (Å²) in [5.74, 6) is 0.746. The summed E-state index contributed by atoms with van der Waals surface area (Å²) >= 11 is 7.28. The zero-order valence-electron chi connectivity index (χ0n) is 14.4. The predicted octanol–water partition coefficient (Wildman–Crippen LogP) is 3.90. The van der Waals surface area contributed by atoms with E-state index in [4.69, 9.17) is 16.3 Å². The molecule has 1 heterocycles. The van der Waals surface area contributed by atoms with Crippen molar-refractivity contribution in [3.05, 3.63) is 64.7 Å². The number of hydrogen-bond acceptors (Lipinski definition) is 5. The third-order valence-electron chi connectivity index (χ3n) is 3.91. The van der Waals surface area contributed by atoms with Gasteiger partial charge in [0.15, 0.2) is 5.17 Å². The summed E-state index contributed by atoms with van der Waals surface area (Å²) in [5, 5.41) is 12.1. The molecule has 2 aromatic carbocycles. The van der Waals surface area contributed by atoms with Gasteiger partial charge in [-0.2, -0.15) is 5.10 Å². The van der Waals surface area contributed by atoms with Gasteiger partial charge in [0.05, 0.1) is 18.1 Å². The molecule has 0 aliphatic carbocycles. The van der Waals surface area contributed by atoms with E-state index in [2.05, 4.69) is 15.5 Å². The SMILES string of the molecule is COc1ccc(CC2S/C(=N/N=C(/C)c3ccc(Cl)cc3)NC2=O)cc1. The van der Waals surface area contributed by atoms with E-state index in [1.165, 1.54) is 11.8 Å². The Kier molecular flexibility index (Phi) is 5.96. The molecule has 3 rings (SSSR count). The van der Waals surface area contributed by atoms with Crippen molar-refractivity contribution in [1.82, 2.24) is 5.32 Å². The molecule has 1 aliphatic rings. The van der Waals surface area contributed by atoms with Crippen LogP contribution >= 0.6 is 23.4 Å². The highest BCUT2D eigenvalue weighted by atomic mass is 35.5. The van der Waals surface area contributed by atoms with Crippen LogP contribution in [0.1, 0.15) is 18.1 Å². The Morgan fingerprint density at radius 2 is 1.88 bits per heavy atom. The Hall–Kier alpha value is -2.31. The molecule has 5 nitrogen and oxygen atoms in total. The van der Waals surface area contributed by atoms with E-state index in [1.54, 1.807) is 19.2 Å². The van der Waals surface area contributed by atoms with Crippen LogP contribution in [-0.2, 0) is 11.2 Å². The summed E-state index contributed by atoms with van der Waals surface area (Å²) in [6.45, 7) is 1.86. The summed E-state index contributed by atoms with van der Waals surface area (Å²) in [4.78, 5) is 12.2. The molecule has 26 heavy (non-hydrogen) atoms. The summed E-state index contributed by atoms with van der Waals surface area (Å²) in [7, 11) is 1.63. The quantitative estimate of drug-likeness (QED) is 0.625. The number of methoxy groups -OCH3 is 1. The number of nitrogens with one attached hydrogen (secondary N) is 1. The molecule has 134 valence electrons. The van der Waals surface area contributed by atoms with Gasteiger partial charge in [-0.25, -0.2) is 0 Å². The lowest BCUT2D eigenvalue weighted by Gasteiger charge is -2.06. The zero-order valence-corrected chi connectivity index (χ0v) is 16.0. The third kappa shape index (κ3) is 4.65. The first kappa shape index (κ1) is 18.5. The van der Waals surface area contributed by atoms with E-state index in [9.17, 15) is 4.79 Å². The predicted molar refractivity (Wildman–Crippen MR) is 107 cm³/mol. The minimum atomic E-state index is -0.215. The maximum absolute atomic E-state index is 12.2. The van der Waals surface area contributed by atoms with Crippen molar-refractivity contribution in [2.75, 3.05) is 7.11 Å². The summed E-state index contributed by atoms with van der Waals surface area (Å²) in [6, 6.07) is 15.1. The Morgan fingerprint density at radius 3 is 2.54 bits per heavy atom. The van der Waals surface area contributed by atoms with Crippen LogP contribution in [0.3, 0.4) is 0 Å². The average Bonchev–Trinajstić information content (AvgIpc) is 3.00. The van der Waals surface area contributed by atoms with Crippen LogP contribution in [0.25, 0.3) is 0 Å². The number of halogens is 1. The number of carbonyl (C=O) groups excluding carboxylic acids is 1. The maximum atomic E-state index is 12.2. The molecule has 0 spiro atoms. The maximum Gasteiger partial charge on any atom is 0.239 e. The zero-order chi connectivity index (χ0) is 18.5. The standard InChI is InChI=1S/C19H18ClN3O2S/c1-12(14-5-7-15(20)8-6-14)22-23-19-21-18(24)17(26-19)11-13-3-9-16(25-2)10-4-13/h3-10,17H,11H2,1-2H3,(H,21,23,24)/b22-12-. The highest BCUT2D eigenvalue weighted by Gasteiger charge is 2.30. The molecule has 0 radical (unpaired) electrons. The van der Waals surface area contributed by atoms with Crippen molar-refractivity contribution in [1.29, 1.82) is 0 Å². The Bertz CT molecular complexity index is 848. The minimum absolute atomic E-state index is 0.0519. The van der Waals surface area contributed by atoms with E-state index in [0.717, 1.165) is 22.6 Å². The van der Waals surface area contributed by atoms with E-state index in [1.807, 2.05) is 43.3 Å². The lowest BCUT2D eigenvalue weighted by molar-refractivity contribution is -0.118. The van der Waals surface area contributed by atoms with E-state index in [-0.39, 0.29) is 11.2 Å². The van der Waals surface area contributed by atoms with Crippen molar-refractivity contribution in [3.8, 4) is 5.75 Å². The number of carbonyl (C=O) groups is 1. The normalized spacial score (nSPS) is 18.9. The largest absolute Gasteiger partial charge is 0.497 e. The van der Waals surface area contributed by atoms with Crippen molar-refractivity contribution < 1.29 is 9.53 Å². The van der Waals surface area contributed by atoms with E-state index in [0.29, 0.717) is 16.6 Å². The molecule has 0 aromatic heterocycles. The second kappa shape index (κ2) is 8.38. The lowest BCUT2D eigenvalue weighted by Crippen LogP contribution is -2.25. The fourth-order valence-corrected chi connectivity index (χ4v) is 3.52. The molecule has 1 amide bonds. The fraction of sp³-hybridized carbons (Fsp3) is 0.211. The smallest absolute Gasteiger partial charge is 0.239 e. The van der Waals surface area contributed by atoms with Gasteiger partial charge in [-0.1, -0.05) is 47.6 Å². The van der Waals surface area contributed by atoms with E-state index >= 15 is 0 Å². The van der Waals surface area contributed by atoms with Crippen LogP contribution in [0.4, 0.5) is 0 Å². The van der Waals surface area contributed by atoms with Gasteiger partial charge in [-0.05, 0) is 48.7 Å². The van der Waals surface area contributed by atoms with Crippen LogP contribution in [0.2, 0.25) is 5.02 Å². The van der Waals surface area contributed by atoms with Crippen molar-refractivity contribution >= 4 is 40.1 Å². The number of benzene rings is 2. The lowest BCUT2D eigenvalue weighted by atomic mass is 10.1. The van der Waals surface area contributed by atoms with Crippen LogP contribution in [0, 0.1) is 0 Å². The highest BCUT2D eigenvalue weighted by Crippen LogP contribution is 2.24. The molecule has 1 fully saturated rings. The van der Waals surface area contributed by atoms with Gasteiger partial charge in [0.2, 0.25) is 5.91 Å². The Morgan fingerprint density at radius 1 is 1.19 bits per heavy atom. The van der Waals surface area contributed by atoms with Gasteiger partial charge in [0.1, 0.15) is 5.75 Å². The van der Waals surface area contributed by atoms with Crippen molar-refractivity contribution in [2.24, 2.45) is 10.2 Å². The van der Waals surface area contributed by atoms with Gasteiger partial charge in [-0.15, -0.1) is 5.10 Å². The number of hydrogen-bond donors (Lipinski definition) is 1. The number of amidine groups is 1. The average molecular weight is 388 g/mol. The summed E-state index contributed by atoms with van der Waals surface area (Å²) < 4.78 is 5.15. The molecule has 0 bridgehead atoms. The first-order chi connectivity index (χ1) is 12.5. The summed E-state index contributed by atoms with van der Waals surface area (Å²) in [6.07, 6.45) is 0.624. The third-order valence-corrected chi connectivity index (χ3v) is 5.23. The number of rotatable bonds is 5. The first-order valence-corrected chi connectivity index (χ1v) is 9.29. The number of amides is 1. The van der Waals surface area contributed by atoms with Crippen LogP contribution in [0.5, 0.6) is 5.75 Å². The van der Waals surface area contributed by atoms with Gasteiger partial charge in [0.25, 0.3) is 0 Å². The highest BCUT2D eigenvalue weighted by molar-refractivity contribution is 8.15. The number of nitrogens with zero attached hydrogens (tertiary/aromatic N) is 2. The second-order valence-electron chi connectivity index (χ2n) is 5.75. The molecule has 0 saturated carbocycles. The second-order valence-corrected chi connectivity index (χ2v) is 7.37. The molecule has 1 saturated heterocycles. The van der Waals surface area contributed by atoms with Gasteiger partial charge in [-0.3, -0.25) is 4.79 Å². The molecular weight excluding hydrogens is 370 g/mol. The van der Waals surface area contributed by atoms with E-state index < -0.39 is 0 Å². The fourth-order valence-electron chi connectivity index (χ4n) is 2.43. The van der Waals surface area contributed by atoms with Gasteiger partial charge < -0.3 is 10.1 Å². The van der Waals surface area contributed by atoms with Crippen molar-refractivity contribution in [2.45, 2.75) is 18.6 Å². The molecule has 1 N–H and O–H groups in total. The molecule has 2 aromatic rings. The van der Waals surface area contributed by atoms with Crippen LogP contribution in [0.15, 0.2) is 58.7 Å². The number of thioether (sulfide) groups is 1. The number of ether oxygens (including phenoxy) is 1. The molecule has 1 unspecified atom stereocenters.